The molecular weight excluding hydrogens is 436 g/mol. The summed E-state index contributed by atoms with van der Waals surface area (Å²) in [5, 5.41) is 0.530. The lowest BCUT2D eigenvalue weighted by Gasteiger charge is -2.35. The van der Waals surface area contributed by atoms with Gasteiger partial charge in [0.2, 0.25) is 11.8 Å². The summed E-state index contributed by atoms with van der Waals surface area (Å²) >= 11 is 6.02. The molecule has 0 bridgehead atoms. The van der Waals surface area contributed by atoms with Crippen LogP contribution in [0.1, 0.15) is 27.5 Å². The van der Waals surface area contributed by atoms with Crippen molar-refractivity contribution in [2.24, 2.45) is 11.8 Å². The molecule has 5 nitrogen and oxygen atoms in total. The van der Waals surface area contributed by atoms with E-state index < -0.39 is 17.9 Å². The molecule has 0 aromatic heterocycles. The van der Waals surface area contributed by atoms with Crippen molar-refractivity contribution in [1.29, 1.82) is 0 Å². The summed E-state index contributed by atoms with van der Waals surface area (Å²) < 4.78 is 0. The molecule has 3 aromatic rings. The van der Waals surface area contributed by atoms with Crippen molar-refractivity contribution in [3.63, 3.8) is 0 Å². The maximum Gasteiger partial charge on any atom is 0.240 e. The third kappa shape index (κ3) is 2.89. The quantitative estimate of drug-likeness (QED) is 0.424. The van der Waals surface area contributed by atoms with Crippen LogP contribution in [-0.2, 0) is 9.59 Å². The molecule has 162 valence electrons. The van der Waals surface area contributed by atoms with Crippen LogP contribution in [0.25, 0.3) is 6.08 Å². The number of para-hydroxylation sites is 1. The summed E-state index contributed by atoms with van der Waals surface area (Å²) in [4.78, 5) is 44.4. The third-order valence-electron chi connectivity index (χ3n) is 6.87. The van der Waals surface area contributed by atoms with Crippen LogP contribution in [0, 0.1) is 11.8 Å². The number of hydrogen-bond donors (Lipinski definition) is 0. The van der Waals surface area contributed by atoms with Gasteiger partial charge in [0.15, 0.2) is 5.78 Å². The van der Waals surface area contributed by atoms with E-state index in [1.165, 1.54) is 4.90 Å². The molecule has 1 unspecified atom stereocenters. The first-order valence-electron chi connectivity index (χ1n) is 10.8. The first-order chi connectivity index (χ1) is 16.1. The van der Waals surface area contributed by atoms with Gasteiger partial charge >= 0.3 is 0 Å². The van der Waals surface area contributed by atoms with Crippen molar-refractivity contribution in [3.8, 4) is 0 Å². The van der Waals surface area contributed by atoms with E-state index in [9.17, 15) is 14.4 Å². The number of rotatable bonds is 3. The van der Waals surface area contributed by atoms with Crippen LogP contribution in [0.3, 0.4) is 0 Å². The third-order valence-corrected chi connectivity index (χ3v) is 7.13. The molecule has 0 spiro atoms. The number of hydrogen-bond acceptors (Lipinski definition) is 4. The van der Waals surface area contributed by atoms with Gasteiger partial charge in [-0.05, 0) is 53.6 Å². The molecule has 2 amide bonds. The normalized spacial score (nSPS) is 25.1. The number of imide groups is 1. The van der Waals surface area contributed by atoms with E-state index in [1.807, 2.05) is 47.5 Å². The molecule has 2 fully saturated rings. The van der Waals surface area contributed by atoms with Gasteiger partial charge in [0.1, 0.15) is 6.04 Å². The van der Waals surface area contributed by atoms with Gasteiger partial charge in [-0.15, -0.1) is 0 Å². The zero-order valence-electron chi connectivity index (χ0n) is 17.5. The van der Waals surface area contributed by atoms with Crippen LogP contribution >= 0.6 is 11.6 Å². The maximum atomic E-state index is 13.8. The van der Waals surface area contributed by atoms with Crippen LogP contribution in [-0.4, -0.2) is 28.5 Å². The average molecular weight is 455 g/mol. The van der Waals surface area contributed by atoms with Crippen molar-refractivity contribution in [1.82, 2.24) is 4.90 Å². The maximum absolute atomic E-state index is 13.8. The van der Waals surface area contributed by atoms with Crippen LogP contribution in [0.5, 0.6) is 0 Å². The van der Waals surface area contributed by atoms with Gasteiger partial charge in [0.05, 0.1) is 23.6 Å². The standard InChI is InChI=1S/C27H19ClN2O3/c28-18-12-10-17(11-13-18)25(31)24-22-21(23-20-9-5-4-6-16(20)14-15-29(23)24)26(32)30(27(22)33)19-7-2-1-3-8-19/h1-15,21-24H/t21-,22+,23?,24-/m0/s1. The number of anilines is 1. The van der Waals surface area contributed by atoms with Crippen molar-refractivity contribution >= 4 is 41.0 Å². The van der Waals surface area contributed by atoms with E-state index in [4.69, 9.17) is 11.6 Å². The Hall–Kier alpha value is -3.70. The number of fused-ring (bicyclic) bond motifs is 5. The summed E-state index contributed by atoms with van der Waals surface area (Å²) in [6.07, 6.45) is 3.80. The first-order valence-corrected chi connectivity index (χ1v) is 11.2. The zero-order valence-corrected chi connectivity index (χ0v) is 18.2. The molecule has 0 saturated carbocycles. The Morgan fingerprint density at radius 3 is 2.21 bits per heavy atom. The van der Waals surface area contributed by atoms with Crippen molar-refractivity contribution in [2.45, 2.75) is 12.1 Å². The molecular formula is C27H19ClN2O3. The van der Waals surface area contributed by atoms with E-state index in [1.54, 1.807) is 48.5 Å². The highest BCUT2D eigenvalue weighted by atomic mass is 35.5. The molecule has 6 heteroatoms. The smallest absolute Gasteiger partial charge is 0.240 e. The molecule has 0 radical (unpaired) electrons. The molecule has 3 aromatic carbocycles. The van der Waals surface area contributed by atoms with Gasteiger partial charge in [0, 0.05) is 16.8 Å². The SMILES string of the molecule is O=C(c1ccc(Cl)cc1)[C@@H]1[C@@H]2C(=O)N(c3ccccc3)C(=O)[C@@H]2C2c3ccccc3C=CN21. The average Bonchev–Trinajstić information content (AvgIpc) is 3.32. The van der Waals surface area contributed by atoms with E-state index >= 15 is 0 Å². The second kappa shape index (κ2) is 7.42. The fourth-order valence-corrected chi connectivity index (χ4v) is 5.60. The van der Waals surface area contributed by atoms with E-state index in [-0.39, 0.29) is 23.6 Å². The van der Waals surface area contributed by atoms with Crippen LogP contribution in [0.15, 0.2) is 85.1 Å². The fraction of sp³-hybridized carbons (Fsp3) is 0.148. The minimum Gasteiger partial charge on any atom is -0.358 e. The Bertz CT molecular complexity index is 1320. The fourth-order valence-electron chi connectivity index (χ4n) is 5.47. The number of carbonyl (C=O) groups is 3. The molecule has 6 rings (SSSR count). The van der Waals surface area contributed by atoms with Gasteiger partial charge < -0.3 is 4.90 Å². The van der Waals surface area contributed by atoms with Gasteiger partial charge in [0.25, 0.3) is 0 Å². The monoisotopic (exact) mass is 454 g/mol. The Morgan fingerprint density at radius 2 is 1.45 bits per heavy atom. The van der Waals surface area contributed by atoms with Crippen molar-refractivity contribution < 1.29 is 14.4 Å². The summed E-state index contributed by atoms with van der Waals surface area (Å²) in [7, 11) is 0. The predicted octanol–water partition coefficient (Wildman–Crippen LogP) is 4.74. The largest absolute Gasteiger partial charge is 0.358 e. The van der Waals surface area contributed by atoms with Crippen molar-refractivity contribution in [3.05, 3.63) is 107 Å². The molecule has 2 saturated heterocycles. The number of ketones is 1. The van der Waals surface area contributed by atoms with Gasteiger partial charge in [-0.3, -0.25) is 14.4 Å². The molecule has 4 atom stereocenters. The highest BCUT2D eigenvalue weighted by Crippen LogP contribution is 2.53. The number of benzene rings is 3. The minimum atomic E-state index is -0.782. The summed E-state index contributed by atoms with van der Waals surface area (Å²) in [5.41, 5.74) is 2.95. The van der Waals surface area contributed by atoms with Gasteiger partial charge in [-0.2, -0.15) is 0 Å². The summed E-state index contributed by atoms with van der Waals surface area (Å²) in [6, 6.07) is 22.3. The molecule has 3 aliphatic heterocycles. The number of nitrogens with zero attached hydrogens (tertiary/aromatic N) is 2. The Balaban J connectivity index is 1.50. The first kappa shape index (κ1) is 19.9. The number of amides is 2. The highest BCUT2D eigenvalue weighted by molar-refractivity contribution is 6.30. The number of halogens is 1. The predicted molar refractivity (Wildman–Crippen MR) is 126 cm³/mol. The lowest BCUT2D eigenvalue weighted by Crippen LogP contribution is -2.44. The van der Waals surface area contributed by atoms with E-state index in [0.29, 0.717) is 16.3 Å². The van der Waals surface area contributed by atoms with Gasteiger partial charge in [-0.25, -0.2) is 4.90 Å². The minimum absolute atomic E-state index is 0.191. The van der Waals surface area contributed by atoms with Crippen molar-refractivity contribution in [2.75, 3.05) is 4.90 Å². The summed E-state index contributed by atoms with van der Waals surface area (Å²) in [6.45, 7) is 0. The molecule has 0 N–H and O–H groups in total. The lowest BCUT2D eigenvalue weighted by molar-refractivity contribution is -0.123. The number of carbonyl (C=O) groups excluding carboxylic acids is 3. The Labute approximate surface area is 195 Å². The lowest BCUT2D eigenvalue weighted by atomic mass is 9.83. The van der Waals surface area contributed by atoms with Gasteiger partial charge in [-0.1, -0.05) is 54.1 Å². The molecule has 3 aliphatic rings. The topological polar surface area (TPSA) is 57.7 Å². The Kier molecular flexibility index (Phi) is 4.49. The summed E-state index contributed by atoms with van der Waals surface area (Å²) in [5.74, 6) is -2.21. The Morgan fingerprint density at radius 1 is 0.788 bits per heavy atom. The van der Waals surface area contributed by atoms with Crippen LogP contribution in [0.4, 0.5) is 5.69 Å². The molecule has 3 heterocycles. The number of Topliss-reactive ketones (excluding diaryl/α,β-unsaturated/α-hetero) is 1. The van der Waals surface area contributed by atoms with E-state index in [0.717, 1.165) is 11.1 Å². The van der Waals surface area contributed by atoms with Crippen LogP contribution < -0.4 is 4.90 Å². The van der Waals surface area contributed by atoms with E-state index in [2.05, 4.69) is 0 Å². The highest BCUT2D eigenvalue weighted by Gasteiger charge is 2.64. The van der Waals surface area contributed by atoms with Crippen LogP contribution in [0.2, 0.25) is 5.02 Å². The molecule has 0 aliphatic carbocycles. The zero-order chi connectivity index (χ0) is 22.7. The second-order valence-electron chi connectivity index (χ2n) is 8.55. The molecule has 33 heavy (non-hydrogen) atoms. The second-order valence-corrected chi connectivity index (χ2v) is 8.99.